The van der Waals surface area contributed by atoms with Gasteiger partial charge in [0, 0.05) is 19.3 Å². The van der Waals surface area contributed by atoms with Crippen molar-refractivity contribution in [3.05, 3.63) is 36.5 Å². The second-order valence-corrected chi connectivity index (χ2v) is 21.3. The summed E-state index contributed by atoms with van der Waals surface area (Å²) in [7, 11) is 0. The van der Waals surface area contributed by atoms with Gasteiger partial charge in [0.05, 0.1) is 0 Å². The second kappa shape index (κ2) is 60.2. The van der Waals surface area contributed by atoms with E-state index in [1.165, 1.54) is 225 Å². The van der Waals surface area contributed by atoms with Crippen LogP contribution in [0, 0.1) is 0 Å². The molecule has 71 heavy (non-hydrogen) atoms. The van der Waals surface area contributed by atoms with Crippen molar-refractivity contribution < 1.29 is 28.6 Å². The lowest BCUT2D eigenvalue weighted by Gasteiger charge is -2.18. The third-order valence-corrected chi connectivity index (χ3v) is 14.1. The Bertz CT molecular complexity index is 1190. The fourth-order valence-electron chi connectivity index (χ4n) is 9.36. The summed E-state index contributed by atoms with van der Waals surface area (Å²) in [5.41, 5.74) is 0. The molecule has 0 fully saturated rings. The predicted molar refractivity (Wildman–Crippen MR) is 307 cm³/mol. The molecule has 6 heteroatoms. The van der Waals surface area contributed by atoms with Crippen molar-refractivity contribution in [1.82, 2.24) is 0 Å². The van der Waals surface area contributed by atoms with E-state index in [9.17, 15) is 14.4 Å². The molecule has 0 amide bonds. The minimum Gasteiger partial charge on any atom is -0.462 e. The number of allylic oxidation sites excluding steroid dienone is 6. The molecular formula is C65H120O6. The standard InChI is InChI=1S/C65H120O6/c1-4-7-10-13-16-19-22-24-26-28-30-31-32-33-34-36-37-39-41-43-46-49-52-55-58-64(67)70-61-62(60-69-63(66)57-54-51-48-45-21-18-15-12-9-6-3)71-65(68)59-56-53-50-47-44-42-40-38-35-29-27-25-23-20-17-14-11-8-5-2/h12,15,17,20,25,27,62H,4-11,13-14,16,18-19,21-24,26,28-61H2,1-3H3/b15-12-,20-17-,27-25-. The van der Waals surface area contributed by atoms with Gasteiger partial charge in [-0.2, -0.15) is 0 Å². The fourth-order valence-corrected chi connectivity index (χ4v) is 9.36. The van der Waals surface area contributed by atoms with Crippen molar-refractivity contribution in [3.8, 4) is 0 Å². The molecule has 1 unspecified atom stereocenters. The summed E-state index contributed by atoms with van der Waals surface area (Å²) in [5.74, 6) is -0.868. The van der Waals surface area contributed by atoms with E-state index in [4.69, 9.17) is 14.2 Å². The number of unbranched alkanes of at least 4 members (excludes halogenated alkanes) is 41. The van der Waals surface area contributed by atoms with Crippen molar-refractivity contribution >= 4 is 17.9 Å². The van der Waals surface area contributed by atoms with Gasteiger partial charge in [-0.3, -0.25) is 14.4 Å². The molecule has 0 aliphatic carbocycles. The number of carbonyl (C=O) groups excluding carboxylic acids is 3. The molecule has 6 nitrogen and oxygen atoms in total. The van der Waals surface area contributed by atoms with Crippen LogP contribution in [0.1, 0.15) is 342 Å². The maximum Gasteiger partial charge on any atom is 0.306 e. The molecule has 0 radical (unpaired) electrons. The van der Waals surface area contributed by atoms with Crippen LogP contribution < -0.4 is 0 Å². The molecule has 0 spiro atoms. The quantitative estimate of drug-likeness (QED) is 0.0261. The Morgan fingerprint density at radius 2 is 0.535 bits per heavy atom. The first kappa shape index (κ1) is 68.6. The Kier molecular flexibility index (Phi) is 58.2. The first-order chi connectivity index (χ1) is 35.0. The zero-order valence-corrected chi connectivity index (χ0v) is 47.8. The molecule has 0 N–H and O–H groups in total. The van der Waals surface area contributed by atoms with Gasteiger partial charge in [0.2, 0.25) is 0 Å². The van der Waals surface area contributed by atoms with E-state index in [-0.39, 0.29) is 31.1 Å². The third-order valence-electron chi connectivity index (χ3n) is 14.1. The smallest absolute Gasteiger partial charge is 0.306 e. The van der Waals surface area contributed by atoms with E-state index < -0.39 is 6.10 Å². The zero-order valence-electron chi connectivity index (χ0n) is 47.8. The number of ether oxygens (including phenoxy) is 3. The summed E-state index contributed by atoms with van der Waals surface area (Å²) in [4.78, 5) is 38.2. The second-order valence-electron chi connectivity index (χ2n) is 21.3. The van der Waals surface area contributed by atoms with Gasteiger partial charge in [-0.15, -0.1) is 0 Å². The zero-order chi connectivity index (χ0) is 51.4. The summed E-state index contributed by atoms with van der Waals surface area (Å²) in [6, 6.07) is 0. The monoisotopic (exact) mass is 997 g/mol. The van der Waals surface area contributed by atoms with E-state index in [2.05, 4.69) is 57.2 Å². The minimum atomic E-state index is -0.775. The maximum absolute atomic E-state index is 12.9. The Morgan fingerprint density at radius 3 is 0.873 bits per heavy atom. The van der Waals surface area contributed by atoms with Crippen molar-refractivity contribution in [2.24, 2.45) is 0 Å². The largest absolute Gasteiger partial charge is 0.462 e. The lowest BCUT2D eigenvalue weighted by atomic mass is 10.0. The molecule has 0 aromatic heterocycles. The number of hydrogen-bond donors (Lipinski definition) is 0. The number of rotatable bonds is 58. The first-order valence-corrected chi connectivity index (χ1v) is 31.5. The summed E-state index contributed by atoms with van der Waals surface area (Å²) in [5, 5.41) is 0. The minimum absolute atomic E-state index is 0.0726. The number of hydrogen-bond acceptors (Lipinski definition) is 6. The highest BCUT2D eigenvalue weighted by atomic mass is 16.6. The van der Waals surface area contributed by atoms with Crippen molar-refractivity contribution in [2.75, 3.05) is 13.2 Å². The molecule has 1 atom stereocenters. The molecule has 0 aromatic carbocycles. The Balaban J connectivity index is 4.19. The number of carbonyl (C=O) groups is 3. The molecular weight excluding hydrogens is 877 g/mol. The van der Waals surface area contributed by atoms with Crippen molar-refractivity contribution in [2.45, 2.75) is 348 Å². The first-order valence-electron chi connectivity index (χ1n) is 31.5. The van der Waals surface area contributed by atoms with Crippen LogP contribution in [0.5, 0.6) is 0 Å². The summed E-state index contributed by atoms with van der Waals surface area (Å²) in [6.07, 6.45) is 73.1. The van der Waals surface area contributed by atoms with Gasteiger partial charge in [-0.05, 0) is 70.6 Å². The van der Waals surface area contributed by atoms with Crippen LogP contribution in [-0.2, 0) is 28.6 Å². The Labute approximate surface area is 442 Å². The number of esters is 3. The van der Waals surface area contributed by atoms with Gasteiger partial charge < -0.3 is 14.2 Å². The van der Waals surface area contributed by atoms with E-state index in [1.54, 1.807) is 0 Å². The van der Waals surface area contributed by atoms with Crippen molar-refractivity contribution in [1.29, 1.82) is 0 Å². The molecule has 0 aliphatic heterocycles. The van der Waals surface area contributed by atoms with Gasteiger partial charge in [0.25, 0.3) is 0 Å². The van der Waals surface area contributed by atoms with E-state index >= 15 is 0 Å². The molecule has 416 valence electrons. The Morgan fingerprint density at radius 1 is 0.282 bits per heavy atom. The molecule has 0 saturated carbocycles. The lowest BCUT2D eigenvalue weighted by molar-refractivity contribution is -0.167. The molecule has 0 saturated heterocycles. The highest BCUT2D eigenvalue weighted by Crippen LogP contribution is 2.18. The van der Waals surface area contributed by atoms with Crippen molar-refractivity contribution in [3.63, 3.8) is 0 Å². The van der Waals surface area contributed by atoms with Crippen LogP contribution in [0.3, 0.4) is 0 Å². The molecule has 0 heterocycles. The summed E-state index contributed by atoms with van der Waals surface area (Å²) >= 11 is 0. The molecule has 0 aromatic rings. The lowest BCUT2D eigenvalue weighted by Crippen LogP contribution is -2.30. The van der Waals surface area contributed by atoms with E-state index in [0.717, 1.165) is 77.0 Å². The van der Waals surface area contributed by atoms with E-state index in [1.807, 2.05) is 0 Å². The average molecular weight is 998 g/mol. The fraction of sp³-hybridized carbons (Fsp3) is 0.862. The van der Waals surface area contributed by atoms with Crippen LogP contribution in [-0.4, -0.2) is 37.2 Å². The summed E-state index contributed by atoms with van der Waals surface area (Å²) in [6.45, 7) is 6.60. The van der Waals surface area contributed by atoms with Gasteiger partial charge >= 0.3 is 17.9 Å². The predicted octanol–water partition coefficient (Wildman–Crippen LogP) is 21.2. The highest BCUT2D eigenvalue weighted by molar-refractivity contribution is 5.71. The van der Waals surface area contributed by atoms with Crippen LogP contribution in [0.2, 0.25) is 0 Å². The third kappa shape index (κ3) is 58.4. The topological polar surface area (TPSA) is 78.9 Å². The normalized spacial score (nSPS) is 12.2. The average Bonchev–Trinajstić information content (AvgIpc) is 3.37. The van der Waals surface area contributed by atoms with Crippen LogP contribution in [0.15, 0.2) is 36.5 Å². The molecule has 0 bridgehead atoms. The van der Waals surface area contributed by atoms with E-state index in [0.29, 0.717) is 19.3 Å². The van der Waals surface area contributed by atoms with Gasteiger partial charge in [0.1, 0.15) is 13.2 Å². The molecule has 0 aliphatic rings. The maximum atomic E-state index is 12.9. The summed E-state index contributed by atoms with van der Waals surface area (Å²) < 4.78 is 16.9. The van der Waals surface area contributed by atoms with Gasteiger partial charge in [-0.25, -0.2) is 0 Å². The van der Waals surface area contributed by atoms with Crippen LogP contribution in [0.4, 0.5) is 0 Å². The van der Waals surface area contributed by atoms with Crippen LogP contribution in [0.25, 0.3) is 0 Å². The van der Waals surface area contributed by atoms with Gasteiger partial charge in [-0.1, -0.05) is 288 Å². The molecule has 0 rings (SSSR count). The Hall–Kier alpha value is -2.37. The SMILES string of the molecule is CCC/C=C\CCCCCCCC(=O)OCC(COC(=O)CCCCCCCCCCCCCCCCCCCCCCCCCC)OC(=O)CCCCCCCCCCC/C=C\C/C=C\CCCCC. The van der Waals surface area contributed by atoms with Crippen LogP contribution >= 0.6 is 0 Å². The van der Waals surface area contributed by atoms with Gasteiger partial charge in [0.15, 0.2) is 6.10 Å². The highest BCUT2D eigenvalue weighted by Gasteiger charge is 2.19.